The minimum Gasteiger partial charge on any atom is -0.371 e. The monoisotopic (exact) mass is 406 g/mol. The zero-order chi connectivity index (χ0) is 20.0. The minimum absolute atomic E-state index is 0.330. The van der Waals surface area contributed by atoms with Gasteiger partial charge in [-0.2, -0.15) is 0 Å². The van der Waals surface area contributed by atoms with Crippen LogP contribution in [0.15, 0.2) is 53.4 Å². The summed E-state index contributed by atoms with van der Waals surface area (Å²) in [5.41, 5.74) is 4.46. The number of fused-ring (bicyclic) bond motifs is 2. The van der Waals surface area contributed by atoms with Crippen LogP contribution in [0.4, 0.5) is 11.5 Å². The Hall–Kier alpha value is -2.60. The zero-order valence-electron chi connectivity index (χ0n) is 16.7. The summed E-state index contributed by atoms with van der Waals surface area (Å²) in [6.45, 7) is 5.49. The van der Waals surface area contributed by atoms with Crippen molar-refractivity contribution in [2.75, 3.05) is 35.2 Å². The van der Waals surface area contributed by atoms with Crippen LogP contribution in [0.3, 0.4) is 0 Å². The molecule has 2 aromatic carbocycles. The van der Waals surface area contributed by atoms with E-state index in [4.69, 9.17) is 9.76 Å². The van der Waals surface area contributed by atoms with Gasteiger partial charge in [0.1, 0.15) is 5.82 Å². The second kappa shape index (κ2) is 7.02. The maximum atomic E-state index is 13.0. The summed E-state index contributed by atoms with van der Waals surface area (Å²) in [5, 5.41) is 1.20. The number of anilines is 2. The van der Waals surface area contributed by atoms with Crippen molar-refractivity contribution in [1.82, 2.24) is 4.98 Å². The molecule has 1 N–H and O–H groups in total. The molecule has 1 saturated heterocycles. The predicted molar refractivity (Wildman–Crippen MR) is 119 cm³/mol. The number of pyridine rings is 1. The van der Waals surface area contributed by atoms with Gasteiger partial charge in [0.25, 0.3) is 0 Å². The first-order valence-corrected chi connectivity index (χ1v) is 12.0. The number of hydrogen-bond donors (Lipinski definition) is 1. The van der Waals surface area contributed by atoms with Gasteiger partial charge < -0.3 is 9.80 Å². The molecule has 0 saturated carbocycles. The molecular weight excluding hydrogens is 380 g/mol. The van der Waals surface area contributed by atoms with E-state index in [1.54, 1.807) is 0 Å². The first-order valence-electron chi connectivity index (χ1n) is 10.3. The van der Waals surface area contributed by atoms with E-state index in [2.05, 4.69) is 41.0 Å². The Balaban J connectivity index is 1.63. The molecule has 1 unspecified atom stereocenters. The molecule has 150 valence electrons. The Morgan fingerprint density at radius 1 is 1.00 bits per heavy atom. The van der Waals surface area contributed by atoms with E-state index in [1.807, 2.05) is 24.3 Å². The average Bonchev–Trinajstić information content (AvgIpc) is 3.21. The number of aromatic nitrogens is 1. The van der Waals surface area contributed by atoms with E-state index in [9.17, 15) is 4.21 Å². The molecule has 2 aliphatic rings. The van der Waals surface area contributed by atoms with Crippen LogP contribution in [0, 0.1) is 11.7 Å². The van der Waals surface area contributed by atoms with Crippen molar-refractivity contribution in [3.63, 3.8) is 0 Å². The Kier molecular flexibility index (Phi) is 4.46. The van der Waals surface area contributed by atoms with Crippen molar-refractivity contribution in [3.8, 4) is 0 Å². The molecule has 6 heteroatoms. The van der Waals surface area contributed by atoms with Crippen molar-refractivity contribution in [2.45, 2.75) is 31.2 Å². The van der Waals surface area contributed by atoms with Gasteiger partial charge in [-0.15, -0.1) is 0 Å². The quantitative estimate of drug-likeness (QED) is 0.677. The number of aryl methyl sites for hydroxylation is 1. The van der Waals surface area contributed by atoms with Crippen LogP contribution in [-0.2, 0) is 16.3 Å². The molecule has 0 spiro atoms. The first-order chi connectivity index (χ1) is 14.0. The number of nitrogens with zero attached hydrogens (tertiary/aromatic N) is 3. The van der Waals surface area contributed by atoms with Crippen LogP contribution in [0.1, 0.15) is 24.0 Å². The fraction of sp³-hybridized carbons (Fsp3) is 0.348. The van der Waals surface area contributed by atoms with Crippen LogP contribution in [0.5, 0.6) is 0 Å². The summed E-state index contributed by atoms with van der Waals surface area (Å²) < 4.78 is 21.4. The van der Waals surface area contributed by atoms with E-state index in [0.29, 0.717) is 23.7 Å². The van der Waals surface area contributed by atoms with E-state index in [0.717, 1.165) is 30.0 Å². The lowest BCUT2D eigenvalue weighted by atomic mass is 10.1. The largest absolute Gasteiger partial charge is 0.371 e. The second-order valence-corrected chi connectivity index (χ2v) is 10.3. The van der Waals surface area contributed by atoms with Crippen LogP contribution in [0.2, 0.25) is 0 Å². The molecule has 5 nitrogen and oxygen atoms in total. The summed E-state index contributed by atoms with van der Waals surface area (Å²) >= 11 is 0. The van der Waals surface area contributed by atoms with Gasteiger partial charge in [0.2, 0.25) is 0 Å². The van der Waals surface area contributed by atoms with E-state index in [1.165, 1.54) is 29.5 Å². The van der Waals surface area contributed by atoms with Gasteiger partial charge in [-0.3, -0.25) is 0 Å². The fourth-order valence-electron chi connectivity index (χ4n) is 4.47. The molecule has 1 aromatic heterocycles. The Labute approximate surface area is 172 Å². The number of hydrogen-bond acceptors (Lipinski definition) is 5. The molecule has 29 heavy (non-hydrogen) atoms. The number of benzene rings is 2. The maximum Gasteiger partial charge on any atom is 0.131 e. The van der Waals surface area contributed by atoms with Gasteiger partial charge in [0, 0.05) is 43.3 Å². The normalized spacial score (nSPS) is 22.0. The molecule has 0 aliphatic carbocycles. The van der Waals surface area contributed by atoms with Crippen molar-refractivity contribution in [3.05, 3.63) is 59.7 Å². The van der Waals surface area contributed by atoms with Gasteiger partial charge in [0.15, 0.2) is 0 Å². The van der Waals surface area contributed by atoms with E-state index < -0.39 is 9.73 Å². The standard InChI is InChI=1S/C23H26N4OS/c1-17-8-9-20-19(14-17)21(26-10-4-5-11-26)15-23(25-20)27-12-13-29(24,28)22-7-3-2-6-18(22)16-27/h2-3,6-9,14-15,24H,4-5,10-13,16H2,1H3. The summed E-state index contributed by atoms with van der Waals surface area (Å²) in [7, 11) is -2.77. The smallest absolute Gasteiger partial charge is 0.131 e. The fourth-order valence-corrected chi connectivity index (χ4v) is 6.03. The second-order valence-electron chi connectivity index (χ2n) is 8.12. The van der Waals surface area contributed by atoms with Crippen LogP contribution >= 0.6 is 0 Å². The number of rotatable bonds is 2. The van der Waals surface area contributed by atoms with E-state index in [-0.39, 0.29) is 0 Å². The third-order valence-corrected chi connectivity index (χ3v) is 7.90. The molecule has 3 heterocycles. The Morgan fingerprint density at radius 2 is 1.79 bits per heavy atom. The van der Waals surface area contributed by atoms with Gasteiger partial charge in [-0.05, 0) is 43.5 Å². The maximum absolute atomic E-state index is 13.0. The van der Waals surface area contributed by atoms with Gasteiger partial charge in [0.05, 0.1) is 25.9 Å². The molecule has 0 amide bonds. The highest BCUT2D eigenvalue weighted by Gasteiger charge is 2.25. The third-order valence-electron chi connectivity index (χ3n) is 6.04. The van der Waals surface area contributed by atoms with Crippen molar-refractivity contribution in [2.24, 2.45) is 0 Å². The van der Waals surface area contributed by atoms with Gasteiger partial charge in [-0.25, -0.2) is 14.0 Å². The molecule has 1 fully saturated rings. The summed E-state index contributed by atoms with van der Waals surface area (Å²) in [5.74, 6) is 1.24. The Morgan fingerprint density at radius 3 is 2.62 bits per heavy atom. The van der Waals surface area contributed by atoms with Crippen molar-refractivity contribution in [1.29, 1.82) is 4.78 Å². The molecule has 2 aliphatic heterocycles. The van der Waals surface area contributed by atoms with Gasteiger partial charge in [-0.1, -0.05) is 29.8 Å². The SMILES string of the molecule is Cc1ccc2nc(N3CCS(=N)(=O)c4ccccc4C3)cc(N3CCCC3)c2c1. The predicted octanol–water partition coefficient (Wildman–Crippen LogP) is 4.57. The molecule has 5 rings (SSSR count). The molecular formula is C23H26N4OS. The van der Waals surface area contributed by atoms with Crippen LogP contribution in [-0.4, -0.2) is 34.6 Å². The molecule has 0 radical (unpaired) electrons. The average molecular weight is 407 g/mol. The zero-order valence-corrected chi connectivity index (χ0v) is 17.5. The lowest BCUT2D eigenvalue weighted by molar-refractivity contribution is 0.674. The highest BCUT2D eigenvalue weighted by atomic mass is 32.2. The van der Waals surface area contributed by atoms with Crippen molar-refractivity contribution >= 4 is 32.1 Å². The summed E-state index contributed by atoms with van der Waals surface area (Å²) in [6.07, 6.45) is 2.45. The number of nitrogens with one attached hydrogen (secondary N) is 1. The van der Waals surface area contributed by atoms with Crippen LogP contribution in [0.25, 0.3) is 10.9 Å². The minimum atomic E-state index is -2.77. The summed E-state index contributed by atoms with van der Waals surface area (Å²) in [6, 6.07) is 16.3. The molecule has 0 bridgehead atoms. The van der Waals surface area contributed by atoms with Crippen molar-refractivity contribution < 1.29 is 4.21 Å². The van der Waals surface area contributed by atoms with E-state index >= 15 is 0 Å². The third kappa shape index (κ3) is 3.35. The first kappa shape index (κ1) is 18.4. The molecule has 3 aromatic rings. The summed E-state index contributed by atoms with van der Waals surface area (Å²) in [4.78, 5) is 10.3. The lowest BCUT2D eigenvalue weighted by Crippen LogP contribution is -2.27. The highest BCUT2D eigenvalue weighted by molar-refractivity contribution is 7.92. The highest BCUT2D eigenvalue weighted by Crippen LogP contribution is 2.34. The van der Waals surface area contributed by atoms with Crippen LogP contribution < -0.4 is 9.80 Å². The topological polar surface area (TPSA) is 60.3 Å². The Bertz CT molecular complexity index is 1180. The van der Waals surface area contributed by atoms with Gasteiger partial charge >= 0.3 is 0 Å². The molecule has 1 atom stereocenters. The lowest BCUT2D eigenvalue weighted by Gasteiger charge is -2.26.